The molecule has 0 aliphatic carbocycles. The van der Waals surface area contributed by atoms with Crippen molar-refractivity contribution in [2.75, 3.05) is 6.61 Å². The van der Waals surface area contributed by atoms with Gasteiger partial charge in [0.1, 0.15) is 5.75 Å². The largest absolute Gasteiger partial charge is 0.478 e. The maximum absolute atomic E-state index is 11.3. The van der Waals surface area contributed by atoms with Crippen LogP contribution < -0.4 is 4.74 Å². The van der Waals surface area contributed by atoms with Crippen LogP contribution >= 0.6 is 22.6 Å². The highest BCUT2D eigenvalue weighted by Gasteiger charge is 2.16. The maximum Gasteiger partial charge on any atom is 0.347 e. The van der Waals surface area contributed by atoms with Crippen LogP contribution in [0.25, 0.3) is 0 Å². The number of carbonyl (C=O) groups is 1. The third-order valence-corrected chi connectivity index (χ3v) is 2.65. The van der Waals surface area contributed by atoms with Gasteiger partial charge in [0.05, 0.1) is 10.2 Å². The number of halogens is 1. The number of benzene rings is 1. The fourth-order valence-electron chi connectivity index (χ4n) is 1.04. The molecular formula is C11H13IO3. The van der Waals surface area contributed by atoms with E-state index in [0.29, 0.717) is 12.4 Å². The molecule has 3 nitrogen and oxygen atoms in total. The summed E-state index contributed by atoms with van der Waals surface area (Å²) >= 11 is 2.16. The molecule has 0 saturated heterocycles. The van der Waals surface area contributed by atoms with Gasteiger partial charge in [-0.3, -0.25) is 0 Å². The Hall–Kier alpha value is -0.780. The van der Waals surface area contributed by atoms with Crippen LogP contribution in [0, 0.1) is 3.57 Å². The molecule has 1 rings (SSSR count). The van der Waals surface area contributed by atoms with E-state index in [1.807, 2.05) is 24.3 Å². The standard InChI is InChI=1S/C11H13IO3/c1-3-14-11(13)8(2)15-10-7-5-4-6-9(10)12/h4-8H,3H2,1-2H3/t8-/m1/s1. The third-order valence-electron chi connectivity index (χ3n) is 1.76. The summed E-state index contributed by atoms with van der Waals surface area (Å²) in [6, 6.07) is 7.55. The van der Waals surface area contributed by atoms with Gasteiger partial charge in [0.25, 0.3) is 0 Å². The number of hydrogen-bond donors (Lipinski definition) is 0. The highest BCUT2D eigenvalue weighted by atomic mass is 127. The summed E-state index contributed by atoms with van der Waals surface area (Å²) in [5, 5.41) is 0. The fraction of sp³-hybridized carbons (Fsp3) is 0.364. The van der Waals surface area contributed by atoms with Gasteiger partial charge >= 0.3 is 5.97 Å². The first-order valence-electron chi connectivity index (χ1n) is 4.73. The highest BCUT2D eigenvalue weighted by Crippen LogP contribution is 2.21. The molecule has 15 heavy (non-hydrogen) atoms. The number of carbonyl (C=O) groups excluding carboxylic acids is 1. The molecular weight excluding hydrogens is 307 g/mol. The average molecular weight is 320 g/mol. The van der Waals surface area contributed by atoms with Crippen LogP contribution in [0.3, 0.4) is 0 Å². The van der Waals surface area contributed by atoms with Gasteiger partial charge in [-0.05, 0) is 48.6 Å². The van der Waals surface area contributed by atoms with E-state index in [1.54, 1.807) is 13.8 Å². The second-order valence-electron chi connectivity index (χ2n) is 2.94. The van der Waals surface area contributed by atoms with E-state index in [1.165, 1.54) is 0 Å². The van der Waals surface area contributed by atoms with Gasteiger partial charge < -0.3 is 9.47 Å². The molecule has 0 amide bonds. The fourth-order valence-corrected chi connectivity index (χ4v) is 1.55. The summed E-state index contributed by atoms with van der Waals surface area (Å²) in [5.74, 6) is 0.371. The van der Waals surface area contributed by atoms with Crippen molar-refractivity contribution in [1.29, 1.82) is 0 Å². The quantitative estimate of drug-likeness (QED) is 0.632. The smallest absolute Gasteiger partial charge is 0.347 e. The van der Waals surface area contributed by atoms with E-state index in [2.05, 4.69) is 22.6 Å². The minimum Gasteiger partial charge on any atom is -0.478 e. The van der Waals surface area contributed by atoms with E-state index >= 15 is 0 Å². The summed E-state index contributed by atoms with van der Waals surface area (Å²) in [6.07, 6.45) is -0.569. The first kappa shape index (κ1) is 12.3. The lowest BCUT2D eigenvalue weighted by Gasteiger charge is -2.14. The number of para-hydroxylation sites is 1. The minimum absolute atomic E-state index is 0.336. The SMILES string of the molecule is CCOC(=O)[C@@H](C)Oc1ccccc1I. The van der Waals surface area contributed by atoms with Crippen LogP contribution in [0.2, 0.25) is 0 Å². The Morgan fingerprint density at radius 2 is 2.13 bits per heavy atom. The normalized spacial score (nSPS) is 11.9. The summed E-state index contributed by atoms with van der Waals surface area (Å²) in [5.41, 5.74) is 0. The average Bonchev–Trinajstić information content (AvgIpc) is 2.21. The van der Waals surface area contributed by atoms with E-state index in [9.17, 15) is 4.79 Å². The van der Waals surface area contributed by atoms with Gasteiger partial charge in [-0.1, -0.05) is 12.1 Å². The Morgan fingerprint density at radius 3 is 2.73 bits per heavy atom. The van der Waals surface area contributed by atoms with Crippen LogP contribution in [0.1, 0.15) is 13.8 Å². The zero-order valence-electron chi connectivity index (χ0n) is 8.70. The van der Waals surface area contributed by atoms with Gasteiger partial charge in [-0.25, -0.2) is 4.79 Å². The Balaban J connectivity index is 2.62. The molecule has 1 aromatic rings. The van der Waals surface area contributed by atoms with E-state index in [4.69, 9.17) is 9.47 Å². The molecule has 0 aliphatic heterocycles. The van der Waals surface area contributed by atoms with E-state index in [-0.39, 0.29) is 5.97 Å². The Kier molecular flexibility index (Phi) is 4.87. The highest BCUT2D eigenvalue weighted by molar-refractivity contribution is 14.1. The number of esters is 1. The van der Waals surface area contributed by atoms with E-state index < -0.39 is 6.10 Å². The number of hydrogen-bond acceptors (Lipinski definition) is 3. The lowest BCUT2D eigenvalue weighted by Crippen LogP contribution is -2.26. The van der Waals surface area contributed by atoms with Crippen LogP contribution in [-0.2, 0) is 9.53 Å². The van der Waals surface area contributed by atoms with Gasteiger partial charge in [-0.2, -0.15) is 0 Å². The molecule has 0 bridgehead atoms. The van der Waals surface area contributed by atoms with Crippen molar-refractivity contribution >= 4 is 28.6 Å². The minimum atomic E-state index is -0.569. The molecule has 0 heterocycles. The summed E-state index contributed by atoms with van der Waals surface area (Å²) in [6.45, 7) is 3.83. The molecule has 0 aromatic heterocycles. The van der Waals surface area contributed by atoms with Crippen LogP contribution in [-0.4, -0.2) is 18.7 Å². The van der Waals surface area contributed by atoms with Crippen molar-refractivity contribution in [3.8, 4) is 5.75 Å². The van der Waals surface area contributed by atoms with Crippen molar-refractivity contribution < 1.29 is 14.3 Å². The summed E-state index contributed by atoms with van der Waals surface area (Å²) in [4.78, 5) is 11.3. The Labute approximate surface area is 103 Å². The zero-order valence-corrected chi connectivity index (χ0v) is 10.9. The predicted molar refractivity (Wildman–Crippen MR) is 65.9 cm³/mol. The maximum atomic E-state index is 11.3. The van der Waals surface area contributed by atoms with Gasteiger partial charge in [0.15, 0.2) is 6.10 Å². The first-order chi connectivity index (χ1) is 7.15. The molecule has 0 saturated carbocycles. The molecule has 1 aromatic carbocycles. The topological polar surface area (TPSA) is 35.5 Å². The lowest BCUT2D eigenvalue weighted by atomic mass is 10.3. The lowest BCUT2D eigenvalue weighted by molar-refractivity contribution is -0.150. The van der Waals surface area contributed by atoms with Gasteiger partial charge in [0.2, 0.25) is 0 Å². The van der Waals surface area contributed by atoms with Crippen molar-refractivity contribution in [2.24, 2.45) is 0 Å². The monoisotopic (exact) mass is 320 g/mol. The second kappa shape index (κ2) is 5.95. The van der Waals surface area contributed by atoms with Gasteiger partial charge in [0, 0.05) is 0 Å². The third kappa shape index (κ3) is 3.70. The Bertz CT molecular complexity index is 338. The molecule has 4 heteroatoms. The molecule has 0 N–H and O–H groups in total. The first-order valence-corrected chi connectivity index (χ1v) is 5.80. The predicted octanol–water partition coefficient (Wildman–Crippen LogP) is 2.62. The molecule has 0 radical (unpaired) electrons. The molecule has 1 atom stereocenters. The van der Waals surface area contributed by atoms with Crippen LogP contribution in [0.4, 0.5) is 0 Å². The van der Waals surface area contributed by atoms with Crippen LogP contribution in [0.15, 0.2) is 24.3 Å². The molecule has 0 spiro atoms. The number of rotatable bonds is 4. The van der Waals surface area contributed by atoms with Crippen molar-refractivity contribution in [3.63, 3.8) is 0 Å². The Morgan fingerprint density at radius 1 is 1.47 bits per heavy atom. The zero-order chi connectivity index (χ0) is 11.3. The molecule has 82 valence electrons. The molecule has 0 aliphatic rings. The van der Waals surface area contributed by atoms with Crippen molar-refractivity contribution in [2.45, 2.75) is 20.0 Å². The van der Waals surface area contributed by atoms with Crippen molar-refractivity contribution in [3.05, 3.63) is 27.8 Å². The second-order valence-corrected chi connectivity index (χ2v) is 4.10. The summed E-state index contributed by atoms with van der Waals surface area (Å²) in [7, 11) is 0. The number of ether oxygens (including phenoxy) is 2. The summed E-state index contributed by atoms with van der Waals surface area (Å²) < 4.78 is 11.3. The van der Waals surface area contributed by atoms with Crippen molar-refractivity contribution in [1.82, 2.24) is 0 Å². The molecule has 0 unspecified atom stereocenters. The van der Waals surface area contributed by atoms with Gasteiger partial charge in [-0.15, -0.1) is 0 Å². The van der Waals surface area contributed by atoms with E-state index in [0.717, 1.165) is 3.57 Å². The molecule has 0 fully saturated rings. The van der Waals surface area contributed by atoms with Crippen LogP contribution in [0.5, 0.6) is 5.75 Å².